The monoisotopic (exact) mass is 332 g/mol. The van der Waals surface area contributed by atoms with Gasteiger partial charge in [0, 0.05) is 24.5 Å². The van der Waals surface area contributed by atoms with Crippen LogP contribution in [0.2, 0.25) is 0 Å². The molecule has 0 radical (unpaired) electrons. The molecular formula is C16H20N4O4. The Labute approximate surface area is 139 Å². The molecule has 2 aromatic rings. The number of nitrogens with one attached hydrogen (secondary N) is 2. The van der Waals surface area contributed by atoms with Crippen molar-refractivity contribution in [1.82, 2.24) is 20.4 Å². The second-order valence-corrected chi connectivity index (χ2v) is 5.39. The number of carbonyl (C=O) groups is 1. The standard InChI is InChI=1S/C16H20N4O4/c1-12(10-20-7-2-5-18-20)19-16(21)17-6-8-22-13-3-4-14-15(9-13)24-11-23-14/h2-5,7,9,12H,6,8,10-11H2,1H3,(H2,17,19,21)/t12-/m0/s1. The number of carbonyl (C=O) groups excluding carboxylic acids is 1. The Morgan fingerprint density at radius 3 is 3.12 bits per heavy atom. The summed E-state index contributed by atoms with van der Waals surface area (Å²) >= 11 is 0. The van der Waals surface area contributed by atoms with E-state index in [1.807, 2.05) is 19.2 Å². The van der Waals surface area contributed by atoms with Gasteiger partial charge in [-0.2, -0.15) is 5.10 Å². The Hall–Kier alpha value is -2.90. The fraction of sp³-hybridized carbons (Fsp3) is 0.375. The predicted octanol–water partition coefficient (Wildman–Crippen LogP) is 1.38. The molecule has 1 aromatic heterocycles. The zero-order chi connectivity index (χ0) is 16.8. The number of ether oxygens (including phenoxy) is 3. The number of fused-ring (bicyclic) bond motifs is 1. The minimum Gasteiger partial charge on any atom is -0.492 e. The molecule has 0 saturated carbocycles. The lowest BCUT2D eigenvalue weighted by Gasteiger charge is -2.15. The first-order valence-corrected chi connectivity index (χ1v) is 7.75. The number of hydrogen-bond acceptors (Lipinski definition) is 5. The number of rotatable bonds is 7. The van der Waals surface area contributed by atoms with Crippen molar-refractivity contribution in [2.24, 2.45) is 0 Å². The van der Waals surface area contributed by atoms with Gasteiger partial charge in [-0.25, -0.2) is 4.79 Å². The first-order valence-electron chi connectivity index (χ1n) is 7.75. The van der Waals surface area contributed by atoms with E-state index in [1.54, 1.807) is 29.1 Å². The Kier molecular flexibility index (Phi) is 5.05. The van der Waals surface area contributed by atoms with Gasteiger partial charge < -0.3 is 24.8 Å². The summed E-state index contributed by atoms with van der Waals surface area (Å²) < 4.78 is 17.9. The topological polar surface area (TPSA) is 86.6 Å². The number of hydrogen-bond donors (Lipinski definition) is 2. The Bertz CT molecular complexity index is 675. The molecule has 0 spiro atoms. The minimum absolute atomic E-state index is 0.0281. The zero-order valence-corrected chi connectivity index (χ0v) is 13.4. The molecule has 1 atom stereocenters. The average molecular weight is 332 g/mol. The summed E-state index contributed by atoms with van der Waals surface area (Å²) in [5.74, 6) is 2.06. The van der Waals surface area contributed by atoms with Crippen molar-refractivity contribution in [3.05, 3.63) is 36.7 Å². The Morgan fingerprint density at radius 2 is 2.29 bits per heavy atom. The highest BCUT2D eigenvalue weighted by Gasteiger charge is 2.13. The van der Waals surface area contributed by atoms with Crippen LogP contribution >= 0.6 is 0 Å². The van der Waals surface area contributed by atoms with E-state index in [2.05, 4.69) is 15.7 Å². The summed E-state index contributed by atoms with van der Waals surface area (Å²) in [6, 6.07) is 6.96. The average Bonchev–Trinajstić information content (AvgIpc) is 3.22. The van der Waals surface area contributed by atoms with Gasteiger partial charge in [0.05, 0.1) is 13.1 Å². The molecule has 1 aliphatic heterocycles. The highest BCUT2D eigenvalue weighted by Crippen LogP contribution is 2.34. The largest absolute Gasteiger partial charge is 0.492 e. The molecule has 0 unspecified atom stereocenters. The number of amides is 2. The van der Waals surface area contributed by atoms with E-state index >= 15 is 0 Å². The highest BCUT2D eigenvalue weighted by atomic mass is 16.7. The zero-order valence-electron chi connectivity index (χ0n) is 13.4. The maximum Gasteiger partial charge on any atom is 0.315 e. The van der Waals surface area contributed by atoms with Gasteiger partial charge in [-0.1, -0.05) is 0 Å². The van der Waals surface area contributed by atoms with E-state index < -0.39 is 0 Å². The third kappa shape index (κ3) is 4.31. The van der Waals surface area contributed by atoms with Crippen molar-refractivity contribution in [2.45, 2.75) is 19.5 Å². The number of urea groups is 1. The lowest BCUT2D eigenvalue weighted by atomic mass is 10.3. The number of nitrogens with zero attached hydrogens (tertiary/aromatic N) is 2. The van der Waals surface area contributed by atoms with Gasteiger partial charge in [-0.3, -0.25) is 4.68 Å². The molecule has 1 aromatic carbocycles. The molecule has 128 valence electrons. The number of benzene rings is 1. The summed E-state index contributed by atoms with van der Waals surface area (Å²) in [6.07, 6.45) is 3.57. The van der Waals surface area contributed by atoms with Gasteiger partial charge >= 0.3 is 6.03 Å². The molecule has 8 nitrogen and oxygen atoms in total. The minimum atomic E-state index is -0.232. The summed E-state index contributed by atoms with van der Waals surface area (Å²) in [6.45, 7) is 3.53. The fourth-order valence-electron chi connectivity index (χ4n) is 2.31. The molecule has 1 aliphatic rings. The quantitative estimate of drug-likeness (QED) is 0.748. The smallest absolute Gasteiger partial charge is 0.315 e. The van der Waals surface area contributed by atoms with Crippen LogP contribution in [-0.2, 0) is 6.54 Å². The van der Waals surface area contributed by atoms with E-state index in [-0.39, 0.29) is 18.9 Å². The van der Waals surface area contributed by atoms with Crippen LogP contribution in [0.25, 0.3) is 0 Å². The van der Waals surface area contributed by atoms with E-state index in [9.17, 15) is 4.79 Å². The molecule has 8 heteroatoms. The van der Waals surface area contributed by atoms with Crippen molar-refractivity contribution < 1.29 is 19.0 Å². The van der Waals surface area contributed by atoms with Crippen LogP contribution in [0.3, 0.4) is 0 Å². The Balaban J connectivity index is 1.33. The summed E-state index contributed by atoms with van der Waals surface area (Å²) in [4.78, 5) is 11.8. The molecule has 0 bridgehead atoms. The molecule has 24 heavy (non-hydrogen) atoms. The van der Waals surface area contributed by atoms with Gasteiger partial charge in [0.25, 0.3) is 0 Å². The van der Waals surface area contributed by atoms with E-state index in [1.165, 1.54) is 0 Å². The van der Waals surface area contributed by atoms with Crippen molar-refractivity contribution >= 4 is 6.03 Å². The van der Waals surface area contributed by atoms with Gasteiger partial charge in [0.15, 0.2) is 11.5 Å². The van der Waals surface area contributed by atoms with Crippen LogP contribution < -0.4 is 24.8 Å². The second-order valence-electron chi connectivity index (χ2n) is 5.39. The predicted molar refractivity (Wildman–Crippen MR) is 86.3 cm³/mol. The molecule has 0 fully saturated rings. The van der Waals surface area contributed by atoms with Crippen molar-refractivity contribution in [2.75, 3.05) is 19.9 Å². The van der Waals surface area contributed by atoms with Crippen molar-refractivity contribution in [1.29, 1.82) is 0 Å². The molecule has 3 rings (SSSR count). The molecule has 0 aliphatic carbocycles. The number of aromatic nitrogens is 2. The Morgan fingerprint density at radius 1 is 1.42 bits per heavy atom. The first-order chi connectivity index (χ1) is 11.7. The molecule has 0 saturated heterocycles. The maximum atomic E-state index is 11.8. The van der Waals surface area contributed by atoms with E-state index in [0.717, 1.165) is 0 Å². The van der Waals surface area contributed by atoms with Crippen molar-refractivity contribution in [3.63, 3.8) is 0 Å². The summed E-state index contributed by atoms with van der Waals surface area (Å²) in [5, 5.41) is 9.71. The fourth-order valence-corrected chi connectivity index (χ4v) is 2.31. The lowest BCUT2D eigenvalue weighted by Crippen LogP contribution is -2.43. The summed E-state index contributed by atoms with van der Waals surface area (Å²) in [7, 11) is 0. The maximum absolute atomic E-state index is 11.8. The third-order valence-electron chi connectivity index (χ3n) is 3.40. The van der Waals surface area contributed by atoms with E-state index in [4.69, 9.17) is 14.2 Å². The normalized spacial score (nSPS) is 13.4. The van der Waals surface area contributed by atoms with Crippen LogP contribution in [0.4, 0.5) is 4.79 Å². The molecule has 2 heterocycles. The first kappa shape index (κ1) is 16.0. The SMILES string of the molecule is C[C@@H](Cn1cccn1)NC(=O)NCCOc1ccc2c(c1)OCO2. The lowest BCUT2D eigenvalue weighted by molar-refractivity contribution is 0.173. The van der Waals surface area contributed by atoms with Gasteiger partial charge in [0.1, 0.15) is 12.4 Å². The van der Waals surface area contributed by atoms with Crippen LogP contribution in [0.1, 0.15) is 6.92 Å². The second kappa shape index (κ2) is 7.58. The van der Waals surface area contributed by atoms with Gasteiger partial charge in [0.2, 0.25) is 6.79 Å². The summed E-state index contributed by atoms with van der Waals surface area (Å²) in [5.41, 5.74) is 0. The third-order valence-corrected chi connectivity index (χ3v) is 3.40. The van der Waals surface area contributed by atoms with Crippen LogP contribution in [0.15, 0.2) is 36.7 Å². The van der Waals surface area contributed by atoms with E-state index in [0.29, 0.717) is 36.9 Å². The highest BCUT2D eigenvalue weighted by molar-refractivity contribution is 5.74. The van der Waals surface area contributed by atoms with Gasteiger partial charge in [-0.05, 0) is 25.1 Å². The van der Waals surface area contributed by atoms with Crippen LogP contribution in [-0.4, -0.2) is 41.8 Å². The molecule has 2 amide bonds. The van der Waals surface area contributed by atoms with Crippen molar-refractivity contribution in [3.8, 4) is 17.2 Å². The van der Waals surface area contributed by atoms with Crippen LogP contribution in [0.5, 0.6) is 17.2 Å². The van der Waals surface area contributed by atoms with Crippen LogP contribution in [0, 0.1) is 0 Å². The van der Waals surface area contributed by atoms with Gasteiger partial charge in [-0.15, -0.1) is 0 Å². The molecule has 2 N–H and O–H groups in total. The molecular weight excluding hydrogens is 312 g/mol.